The number of amides is 1. The Bertz CT molecular complexity index is 681. The third kappa shape index (κ3) is 4.93. The Labute approximate surface area is 195 Å². The second-order valence-electron chi connectivity index (χ2n) is 5.58. The average molecular weight is 699 g/mol. The van der Waals surface area contributed by atoms with Gasteiger partial charge in [-0.15, -0.1) is 0 Å². The molecular weight excluding hydrogens is 675 g/mol. The monoisotopic (exact) mass is 699 g/mol. The van der Waals surface area contributed by atoms with Crippen molar-refractivity contribution in [3.63, 3.8) is 0 Å². The van der Waals surface area contributed by atoms with Gasteiger partial charge >= 0.3 is 5.97 Å². The van der Waals surface area contributed by atoms with E-state index in [0.29, 0.717) is 37.3 Å². The van der Waals surface area contributed by atoms with Gasteiger partial charge in [0.15, 0.2) is 5.66 Å². The zero-order valence-electron chi connectivity index (χ0n) is 15.3. The molecule has 146 valence electrons. The highest BCUT2D eigenvalue weighted by Crippen LogP contribution is 2.35. The number of carbonyl (C=O) groups excluding carboxylic acids is 1. The lowest BCUT2D eigenvalue weighted by atomic mass is 10.0. The number of aliphatic carboxylic acids is 1. The van der Waals surface area contributed by atoms with E-state index < -0.39 is 11.6 Å². The number of rotatable bonds is 9. The minimum Gasteiger partial charge on any atom is -0.478 e. The summed E-state index contributed by atoms with van der Waals surface area (Å²) in [6, 6.07) is 1.90. The van der Waals surface area contributed by atoms with Crippen molar-refractivity contribution >= 4 is 85.3 Å². The van der Waals surface area contributed by atoms with E-state index in [1.807, 2.05) is 38.7 Å². The largest absolute Gasteiger partial charge is 0.478 e. The van der Waals surface area contributed by atoms with Crippen molar-refractivity contribution < 1.29 is 14.7 Å². The topological polar surface area (TPSA) is 81.7 Å². The molecule has 6 nitrogen and oxygen atoms in total. The van der Waals surface area contributed by atoms with E-state index in [1.54, 1.807) is 0 Å². The molecular formula is C17H24I3N3O3. The van der Waals surface area contributed by atoms with Gasteiger partial charge in [0, 0.05) is 13.7 Å². The van der Waals surface area contributed by atoms with Crippen molar-refractivity contribution in [2.45, 2.75) is 39.8 Å². The first kappa shape index (κ1) is 24.1. The molecule has 0 radical (unpaired) electrons. The number of anilines is 1. The lowest BCUT2D eigenvalue weighted by molar-refractivity contribution is -0.149. The molecule has 0 saturated carbocycles. The SMILES string of the molecule is CCNC(=O)c1c(I)cc(I)c(NC(CC)(C(=O)O)N(CC)CC)c1I. The van der Waals surface area contributed by atoms with Gasteiger partial charge in [0.2, 0.25) is 0 Å². The van der Waals surface area contributed by atoms with Gasteiger partial charge < -0.3 is 15.7 Å². The molecule has 9 heteroatoms. The highest BCUT2D eigenvalue weighted by atomic mass is 127. The second-order valence-corrected chi connectivity index (χ2v) is 8.98. The van der Waals surface area contributed by atoms with E-state index in [2.05, 4.69) is 78.4 Å². The van der Waals surface area contributed by atoms with E-state index in [1.165, 1.54) is 0 Å². The molecule has 3 N–H and O–H groups in total. The van der Waals surface area contributed by atoms with Gasteiger partial charge in [-0.05, 0) is 100 Å². The van der Waals surface area contributed by atoms with Crippen LogP contribution in [0.1, 0.15) is 44.5 Å². The maximum absolute atomic E-state index is 12.5. The average Bonchev–Trinajstić information content (AvgIpc) is 2.57. The molecule has 0 spiro atoms. The molecule has 0 saturated heterocycles. The highest BCUT2D eigenvalue weighted by Gasteiger charge is 2.42. The van der Waals surface area contributed by atoms with Crippen LogP contribution in [0.5, 0.6) is 0 Å². The second kappa shape index (κ2) is 10.6. The minimum atomic E-state index is -1.23. The summed E-state index contributed by atoms with van der Waals surface area (Å²) in [5.41, 5.74) is 0.0316. The number of benzene rings is 1. The predicted molar refractivity (Wildman–Crippen MR) is 130 cm³/mol. The summed E-state index contributed by atoms with van der Waals surface area (Å²) in [7, 11) is 0. The van der Waals surface area contributed by atoms with Crippen molar-refractivity contribution in [1.29, 1.82) is 0 Å². The first-order valence-corrected chi connectivity index (χ1v) is 11.7. The van der Waals surface area contributed by atoms with Crippen molar-refractivity contribution in [3.8, 4) is 0 Å². The van der Waals surface area contributed by atoms with Crippen LogP contribution in [-0.4, -0.2) is 47.2 Å². The van der Waals surface area contributed by atoms with E-state index in [0.717, 1.165) is 10.7 Å². The Balaban J connectivity index is 3.56. The first-order valence-electron chi connectivity index (χ1n) is 8.42. The molecule has 0 aliphatic rings. The van der Waals surface area contributed by atoms with Gasteiger partial charge in [-0.2, -0.15) is 0 Å². The summed E-state index contributed by atoms with van der Waals surface area (Å²) < 4.78 is 2.46. The fourth-order valence-corrected chi connectivity index (χ4v) is 6.99. The highest BCUT2D eigenvalue weighted by molar-refractivity contribution is 14.1. The maximum Gasteiger partial charge on any atom is 0.344 e. The molecule has 1 rings (SSSR count). The Morgan fingerprint density at radius 2 is 1.69 bits per heavy atom. The lowest BCUT2D eigenvalue weighted by Gasteiger charge is -2.40. The summed E-state index contributed by atoms with van der Waals surface area (Å²) in [6.45, 7) is 9.36. The Morgan fingerprint density at radius 3 is 2.12 bits per heavy atom. The summed E-state index contributed by atoms with van der Waals surface area (Å²) in [5, 5.41) is 16.1. The van der Waals surface area contributed by atoms with Crippen LogP contribution in [0.15, 0.2) is 6.07 Å². The third-order valence-electron chi connectivity index (χ3n) is 4.24. The fraction of sp³-hybridized carbons (Fsp3) is 0.529. The lowest BCUT2D eigenvalue weighted by Crippen LogP contribution is -2.60. The van der Waals surface area contributed by atoms with E-state index >= 15 is 0 Å². The van der Waals surface area contributed by atoms with Crippen LogP contribution < -0.4 is 10.6 Å². The first-order chi connectivity index (χ1) is 12.2. The molecule has 1 atom stereocenters. The number of nitrogens with zero attached hydrogens (tertiary/aromatic N) is 1. The summed E-state index contributed by atoms with van der Waals surface area (Å²) >= 11 is 6.46. The zero-order chi connectivity index (χ0) is 20.1. The Morgan fingerprint density at radius 1 is 1.12 bits per heavy atom. The molecule has 1 aromatic rings. The number of halogens is 3. The van der Waals surface area contributed by atoms with Crippen LogP contribution in [0.2, 0.25) is 0 Å². The standard InChI is InChI=1S/C17H24I3N3O3/c1-5-17(16(25)26,23(7-3)8-4)22-14-11(19)9-10(18)12(13(14)20)15(24)21-6-2/h9,22H,5-8H2,1-4H3,(H,21,24)(H,25,26). The number of likely N-dealkylation sites (N-methyl/N-ethyl adjacent to an activating group) is 1. The predicted octanol–water partition coefficient (Wildman–Crippen LogP) is 4.19. The Kier molecular flexibility index (Phi) is 9.84. The molecule has 0 fully saturated rings. The van der Waals surface area contributed by atoms with Crippen molar-refractivity contribution in [2.75, 3.05) is 25.0 Å². The van der Waals surface area contributed by atoms with Gasteiger partial charge in [-0.1, -0.05) is 20.8 Å². The van der Waals surface area contributed by atoms with E-state index in [9.17, 15) is 14.7 Å². The molecule has 1 unspecified atom stereocenters. The molecule has 1 amide bonds. The molecule has 26 heavy (non-hydrogen) atoms. The van der Waals surface area contributed by atoms with Gasteiger partial charge in [-0.3, -0.25) is 9.69 Å². The van der Waals surface area contributed by atoms with E-state index in [-0.39, 0.29) is 5.91 Å². The van der Waals surface area contributed by atoms with Crippen molar-refractivity contribution in [2.24, 2.45) is 0 Å². The zero-order valence-corrected chi connectivity index (χ0v) is 21.7. The van der Waals surface area contributed by atoms with Gasteiger partial charge in [-0.25, -0.2) is 4.79 Å². The number of hydrogen-bond acceptors (Lipinski definition) is 4. The van der Waals surface area contributed by atoms with Gasteiger partial charge in [0.25, 0.3) is 5.91 Å². The summed E-state index contributed by atoms with van der Waals surface area (Å²) in [4.78, 5) is 26.6. The van der Waals surface area contributed by atoms with Crippen LogP contribution >= 0.6 is 67.8 Å². The van der Waals surface area contributed by atoms with Crippen LogP contribution in [0.25, 0.3) is 0 Å². The maximum atomic E-state index is 12.5. The number of nitrogens with one attached hydrogen (secondary N) is 2. The van der Waals surface area contributed by atoms with Crippen molar-refractivity contribution in [1.82, 2.24) is 10.2 Å². The quantitative estimate of drug-likeness (QED) is 0.266. The molecule has 0 aliphatic heterocycles. The minimum absolute atomic E-state index is 0.152. The third-order valence-corrected chi connectivity index (χ3v) is 7.02. The number of hydrogen-bond donors (Lipinski definition) is 3. The molecule has 0 bridgehead atoms. The number of carbonyl (C=O) groups is 2. The van der Waals surface area contributed by atoms with Crippen LogP contribution in [-0.2, 0) is 4.79 Å². The van der Waals surface area contributed by atoms with E-state index in [4.69, 9.17) is 0 Å². The van der Waals surface area contributed by atoms with Crippen molar-refractivity contribution in [3.05, 3.63) is 22.3 Å². The van der Waals surface area contributed by atoms with Gasteiger partial charge in [0.1, 0.15) is 0 Å². The smallest absolute Gasteiger partial charge is 0.344 e. The fourth-order valence-electron chi connectivity index (χ4n) is 2.86. The van der Waals surface area contributed by atoms with Crippen LogP contribution in [0.3, 0.4) is 0 Å². The Hall–Kier alpha value is 0.110. The molecule has 0 aromatic heterocycles. The molecule has 1 aromatic carbocycles. The normalized spacial score (nSPS) is 13.4. The van der Waals surface area contributed by atoms with Gasteiger partial charge in [0.05, 0.1) is 14.8 Å². The number of carboxylic acids is 1. The summed E-state index contributed by atoms with van der Waals surface area (Å²) in [5.74, 6) is -1.07. The summed E-state index contributed by atoms with van der Waals surface area (Å²) in [6.07, 6.45) is 0.388. The number of carboxylic acid groups (broad SMARTS) is 1. The van der Waals surface area contributed by atoms with Crippen LogP contribution in [0.4, 0.5) is 5.69 Å². The van der Waals surface area contributed by atoms with Crippen LogP contribution in [0, 0.1) is 10.7 Å². The molecule has 0 aliphatic carbocycles. The molecule has 0 heterocycles.